The van der Waals surface area contributed by atoms with Crippen molar-refractivity contribution >= 4 is 35.5 Å². The molecule has 0 radical (unpaired) electrons. The normalized spacial score (nSPS) is 28.0. The van der Waals surface area contributed by atoms with Gasteiger partial charge >= 0.3 is 18.1 Å². The number of hydrogen-bond donors (Lipinski definition) is 2. The Morgan fingerprint density at radius 2 is 1.96 bits per heavy atom. The number of primary amides is 1. The van der Waals surface area contributed by atoms with Crippen molar-refractivity contribution in [3.05, 3.63) is 10.6 Å². The van der Waals surface area contributed by atoms with Crippen molar-refractivity contribution in [3.8, 4) is 0 Å². The quantitative estimate of drug-likeness (QED) is 0.636. The Hall–Kier alpha value is -2.24. The summed E-state index contributed by atoms with van der Waals surface area (Å²) < 4.78 is 38.1. The lowest BCUT2D eigenvalue weighted by Gasteiger charge is -2.53. The number of amides is 3. The van der Waals surface area contributed by atoms with Crippen molar-refractivity contribution in [1.82, 2.24) is 9.80 Å². The van der Waals surface area contributed by atoms with Crippen LogP contribution in [0.5, 0.6) is 0 Å². The minimum atomic E-state index is -5.11. The van der Waals surface area contributed by atoms with Gasteiger partial charge in [-0.15, -0.1) is 11.8 Å². The number of aliphatic carboxylic acids is 1. The number of halogens is 3. The van der Waals surface area contributed by atoms with Gasteiger partial charge in [-0.25, -0.2) is 4.79 Å². The Morgan fingerprint density at radius 1 is 1.32 bits per heavy atom. The van der Waals surface area contributed by atoms with Crippen molar-refractivity contribution < 1.29 is 37.5 Å². The number of piperidine rings is 1. The number of carboxylic acids is 1. The molecule has 3 heterocycles. The summed E-state index contributed by atoms with van der Waals surface area (Å²) in [5, 5.41) is 9.37. The summed E-state index contributed by atoms with van der Waals surface area (Å²) in [5.74, 6) is -5.83. The third-order valence-electron chi connectivity index (χ3n) is 4.43. The maximum Gasteiger partial charge on any atom is 0.471 e. The lowest BCUT2D eigenvalue weighted by atomic mass is 9.80. The average molecular weight is 379 g/mol. The van der Waals surface area contributed by atoms with Crippen molar-refractivity contribution in [2.24, 2.45) is 11.7 Å². The molecule has 0 aliphatic carbocycles. The lowest BCUT2D eigenvalue weighted by molar-refractivity contribution is -0.198. The van der Waals surface area contributed by atoms with Gasteiger partial charge in [0.15, 0.2) is 0 Å². The summed E-state index contributed by atoms with van der Waals surface area (Å²) in [6.07, 6.45) is -5.05. The SMILES string of the molecule is NC(=O)CSC1=C(C(=O)O)N2C(=O)[C@@H]3[C@H]2C1CCN3C(=O)C(F)(F)F. The minimum absolute atomic E-state index is 0.0602. The van der Waals surface area contributed by atoms with Gasteiger partial charge in [0.1, 0.15) is 11.7 Å². The Balaban J connectivity index is 1.92. The van der Waals surface area contributed by atoms with Gasteiger partial charge < -0.3 is 15.7 Å². The molecule has 3 aliphatic heterocycles. The summed E-state index contributed by atoms with van der Waals surface area (Å²) in [4.78, 5) is 47.9. The third-order valence-corrected chi connectivity index (χ3v) is 5.66. The highest BCUT2D eigenvalue weighted by Crippen LogP contribution is 2.52. The topological polar surface area (TPSA) is 121 Å². The summed E-state index contributed by atoms with van der Waals surface area (Å²) in [6, 6.07) is -2.19. The van der Waals surface area contributed by atoms with E-state index in [0.29, 0.717) is 4.90 Å². The van der Waals surface area contributed by atoms with E-state index in [1.165, 1.54) is 0 Å². The molecule has 25 heavy (non-hydrogen) atoms. The Morgan fingerprint density at radius 3 is 2.48 bits per heavy atom. The van der Waals surface area contributed by atoms with Gasteiger partial charge in [0, 0.05) is 17.4 Å². The second kappa shape index (κ2) is 5.64. The molecule has 3 N–H and O–H groups in total. The van der Waals surface area contributed by atoms with Crippen LogP contribution in [0.15, 0.2) is 10.6 Å². The summed E-state index contributed by atoms with van der Waals surface area (Å²) in [7, 11) is 0. The van der Waals surface area contributed by atoms with Crippen molar-refractivity contribution in [1.29, 1.82) is 0 Å². The number of nitrogens with zero attached hydrogens (tertiary/aromatic N) is 2. The molecule has 0 spiro atoms. The van der Waals surface area contributed by atoms with Crippen LogP contribution in [-0.2, 0) is 19.2 Å². The first-order valence-corrected chi connectivity index (χ1v) is 8.13. The maximum atomic E-state index is 12.7. The van der Waals surface area contributed by atoms with Gasteiger partial charge in [-0.1, -0.05) is 0 Å². The van der Waals surface area contributed by atoms with E-state index in [2.05, 4.69) is 0 Å². The van der Waals surface area contributed by atoms with Crippen LogP contribution in [-0.4, -0.2) is 69.2 Å². The predicted octanol–water partition coefficient (Wildman–Crippen LogP) is -0.495. The molecule has 2 saturated heterocycles. The molecule has 3 rings (SSSR count). The van der Waals surface area contributed by atoms with E-state index >= 15 is 0 Å². The van der Waals surface area contributed by atoms with Crippen molar-refractivity contribution in [3.63, 3.8) is 0 Å². The van der Waals surface area contributed by atoms with Gasteiger partial charge in [0.25, 0.3) is 5.91 Å². The standard InChI is InChI=1S/C13H12F3N3O5S/c14-13(15,16)12(24)18-2-1-4-6-7(18)10(21)19(6)8(11(22)23)9(4)25-3-5(17)20/h4,6-7H,1-3H2,(H2,17,20)(H,22,23)/t4?,6-,7+/m1/s1. The number of thioether (sulfide) groups is 1. The third kappa shape index (κ3) is 2.55. The van der Waals surface area contributed by atoms with Gasteiger partial charge in [-0.3, -0.25) is 19.3 Å². The molecular weight excluding hydrogens is 367 g/mol. The largest absolute Gasteiger partial charge is 0.477 e. The Kier molecular flexibility index (Phi) is 3.97. The molecule has 0 aromatic heterocycles. The van der Waals surface area contributed by atoms with Crippen molar-refractivity contribution in [2.75, 3.05) is 12.3 Å². The van der Waals surface area contributed by atoms with Crippen LogP contribution in [0.25, 0.3) is 0 Å². The van der Waals surface area contributed by atoms with E-state index in [1.807, 2.05) is 0 Å². The predicted molar refractivity (Wildman–Crippen MR) is 76.6 cm³/mol. The first-order chi connectivity index (χ1) is 11.6. The fourth-order valence-corrected chi connectivity index (χ4v) is 4.65. The molecule has 8 nitrogen and oxygen atoms in total. The molecular formula is C13H12F3N3O5S. The van der Waals surface area contributed by atoms with E-state index in [0.717, 1.165) is 16.7 Å². The lowest BCUT2D eigenvalue weighted by Crippen LogP contribution is -2.74. The monoisotopic (exact) mass is 379 g/mol. The second-order valence-electron chi connectivity index (χ2n) is 5.81. The highest BCUT2D eigenvalue weighted by Gasteiger charge is 2.66. The number of β-lactam (4-membered cyclic amide) rings is 1. The molecule has 0 saturated carbocycles. The van der Waals surface area contributed by atoms with E-state index in [4.69, 9.17) is 5.73 Å². The molecule has 0 aromatic carbocycles. The summed E-state index contributed by atoms with van der Waals surface area (Å²) in [5.41, 5.74) is 4.71. The van der Waals surface area contributed by atoms with Crippen molar-refractivity contribution in [2.45, 2.75) is 24.7 Å². The number of rotatable bonds is 4. The first-order valence-electron chi connectivity index (χ1n) is 7.15. The Labute approximate surface area is 142 Å². The molecule has 3 amide bonds. The van der Waals surface area contributed by atoms with E-state index in [9.17, 15) is 37.5 Å². The molecule has 12 heteroatoms. The zero-order valence-electron chi connectivity index (χ0n) is 12.4. The van der Waals surface area contributed by atoms with Crippen LogP contribution in [0.2, 0.25) is 0 Å². The molecule has 2 fully saturated rings. The minimum Gasteiger partial charge on any atom is -0.477 e. The zero-order chi connectivity index (χ0) is 18.7. The van der Waals surface area contributed by atoms with Gasteiger partial charge in [-0.05, 0) is 6.42 Å². The highest BCUT2D eigenvalue weighted by atomic mass is 32.2. The van der Waals surface area contributed by atoms with Gasteiger partial charge in [-0.2, -0.15) is 13.2 Å². The van der Waals surface area contributed by atoms with Gasteiger partial charge in [0.05, 0.1) is 11.8 Å². The van der Waals surface area contributed by atoms with Crippen LogP contribution < -0.4 is 5.73 Å². The smallest absolute Gasteiger partial charge is 0.471 e. The van der Waals surface area contributed by atoms with Crippen LogP contribution in [0.4, 0.5) is 13.2 Å². The maximum absolute atomic E-state index is 12.7. The fraction of sp³-hybridized carbons (Fsp3) is 0.538. The van der Waals surface area contributed by atoms with Gasteiger partial charge in [0.2, 0.25) is 5.91 Å². The molecule has 1 unspecified atom stereocenters. The summed E-state index contributed by atoms with van der Waals surface area (Å²) >= 11 is 0.867. The van der Waals surface area contributed by atoms with Crippen LogP contribution >= 0.6 is 11.8 Å². The zero-order valence-corrected chi connectivity index (χ0v) is 13.3. The summed E-state index contributed by atoms with van der Waals surface area (Å²) in [6.45, 7) is -0.322. The van der Waals surface area contributed by atoms with Crippen LogP contribution in [0, 0.1) is 5.92 Å². The number of nitrogens with two attached hydrogens (primary N) is 1. The van der Waals surface area contributed by atoms with E-state index in [-0.39, 0.29) is 29.3 Å². The van der Waals surface area contributed by atoms with Crippen LogP contribution in [0.1, 0.15) is 6.42 Å². The number of carbonyl (C=O) groups is 4. The van der Waals surface area contributed by atoms with E-state index in [1.54, 1.807) is 0 Å². The van der Waals surface area contributed by atoms with E-state index < -0.39 is 47.9 Å². The molecule has 0 aromatic rings. The molecule has 3 aliphatic rings. The highest BCUT2D eigenvalue weighted by molar-refractivity contribution is 8.03. The number of carboxylic acid groups (broad SMARTS) is 1. The number of alkyl halides is 3. The Bertz CT molecular complexity index is 722. The number of carbonyl (C=O) groups excluding carboxylic acids is 3. The molecule has 136 valence electrons. The average Bonchev–Trinajstić information content (AvgIpc) is 2.82. The second-order valence-corrected chi connectivity index (χ2v) is 6.83. The number of likely N-dealkylation sites (tertiary alicyclic amines) is 1. The van der Waals surface area contributed by atoms with Crippen LogP contribution in [0.3, 0.4) is 0 Å². The number of hydrogen-bond acceptors (Lipinski definition) is 5. The first kappa shape index (κ1) is 17.6. The molecule has 3 atom stereocenters. The molecule has 0 bridgehead atoms. The fourth-order valence-electron chi connectivity index (χ4n) is 3.56.